The molecule has 0 unspecified atom stereocenters. The summed E-state index contributed by atoms with van der Waals surface area (Å²) in [5, 5.41) is 13.8. The molecule has 27 heavy (non-hydrogen) atoms. The van der Waals surface area contributed by atoms with Gasteiger partial charge in [-0.3, -0.25) is 4.79 Å². The first-order valence-electron chi connectivity index (χ1n) is 7.99. The van der Waals surface area contributed by atoms with Gasteiger partial charge in [0, 0.05) is 12.1 Å². The van der Waals surface area contributed by atoms with Crippen LogP contribution in [-0.2, 0) is 9.84 Å². The predicted molar refractivity (Wildman–Crippen MR) is 94.7 cm³/mol. The standard InChI is InChI=1S/C17H16FN5O3S/c1-12-20-21-22-23(12)15-4-2-3-13(11-15)17(24)19-9-10-27(25,26)16-7-5-14(18)6-8-16/h2-8,11H,9-10H2,1H3,(H,19,24). The molecule has 2 aromatic carbocycles. The van der Waals surface area contributed by atoms with Gasteiger partial charge in [0.05, 0.1) is 16.3 Å². The SMILES string of the molecule is Cc1nnnn1-c1cccc(C(=O)NCCS(=O)(=O)c2ccc(F)cc2)c1. The zero-order valence-corrected chi connectivity index (χ0v) is 15.1. The van der Waals surface area contributed by atoms with Crippen molar-refractivity contribution in [3.8, 4) is 5.69 Å². The number of aromatic nitrogens is 4. The van der Waals surface area contributed by atoms with E-state index in [0.29, 0.717) is 17.1 Å². The van der Waals surface area contributed by atoms with E-state index in [1.165, 1.54) is 16.8 Å². The van der Waals surface area contributed by atoms with Crippen molar-refractivity contribution in [2.24, 2.45) is 0 Å². The first-order chi connectivity index (χ1) is 12.9. The van der Waals surface area contributed by atoms with Crippen molar-refractivity contribution in [1.29, 1.82) is 0 Å². The number of rotatable bonds is 6. The summed E-state index contributed by atoms with van der Waals surface area (Å²) < 4.78 is 38.8. The van der Waals surface area contributed by atoms with Crippen LogP contribution in [0.25, 0.3) is 5.69 Å². The van der Waals surface area contributed by atoms with Crippen LogP contribution in [-0.4, -0.2) is 46.8 Å². The third kappa shape index (κ3) is 4.34. The number of tetrazole rings is 1. The second-order valence-corrected chi connectivity index (χ2v) is 7.83. The van der Waals surface area contributed by atoms with E-state index < -0.39 is 21.6 Å². The number of hydrogen-bond donors (Lipinski definition) is 1. The zero-order valence-electron chi connectivity index (χ0n) is 14.3. The molecule has 1 heterocycles. The third-order valence-electron chi connectivity index (χ3n) is 3.81. The maximum atomic E-state index is 12.9. The van der Waals surface area contributed by atoms with Crippen LogP contribution < -0.4 is 5.32 Å². The fourth-order valence-corrected chi connectivity index (χ4v) is 3.57. The highest BCUT2D eigenvalue weighted by Crippen LogP contribution is 2.12. The van der Waals surface area contributed by atoms with Gasteiger partial charge in [-0.15, -0.1) is 5.10 Å². The summed E-state index contributed by atoms with van der Waals surface area (Å²) in [5.74, 6) is -0.661. The van der Waals surface area contributed by atoms with Crippen LogP contribution in [0.2, 0.25) is 0 Å². The van der Waals surface area contributed by atoms with Gasteiger partial charge in [-0.1, -0.05) is 6.07 Å². The first-order valence-corrected chi connectivity index (χ1v) is 9.64. The maximum Gasteiger partial charge on any atom is 0.251 e. The lowest BCUT2D eigenvalue weighted by atomic mass is 10.2. The van der Waals surface area contributed by atoms with Crippen molar-refractivity contribution in [3.63, 3.8) is 0 Å². The molecule has 10 heteroatoms. The second kappa shape index (κ2) is 7.62. The molecule has 0 atom stereocenters. The molecule has 0 saturated heterocycles. The normalized spacial score (nSPS) is 11.3. The Kier molecular flexibility index (Phi) is 5.26. The molecule has 0 bridgehead atoms. The topological polar surface area (TPSA) is 107 Å². The van der Waals surface area contributed by atoms with Crippen LogP contribution in [0.4, 0.5) is 4.39 Å². The average Bonchev–Trinajstić information content (AvgIpc) is 3.08. The number of carbonyl (C=O) groups is 1. The van der Waals surface area contributed by atoms with Gasteiger partial charge in [0.1, 0.15) is 5.82 Å². The molecule has 3 rings (SSSR count). The van der Waals surface area contributed by atoms with E-state index in [4.69, 9.17) is 0 Å². The second-order valence-electron chi connectivity index (χ2n) is 5.72. The monoisotopic (exact) mass is 389 g/mol. The Bertz CT molecular complexity index is 1060. The van der Waals surface area contributed by atoms with Gasteiger partial charge in [0.2, 0.25) is 0 Å². The molecule has 8 nitrogen and oxygen atoms in total. The number of amides is 1. The molecule has 0 saturated carbocycles. The average molecular weight is 389 g/mol. The molecule has 140 valence electrons. The quantitative estimate of drug-likeness (QED) is 0.637. The van der Waals surface area contributed by atoms with Crippen molar-refractivity contribution in [3.05, 3.63) is 65.7 Å². The van der Waals surface area contributed by atoms with Crippen LogP contribution >= 0.6 is 0 Å². The number of hydrogen-bond acceptors (Lipinski definition) is 6. The van der Waals surface area contributed by atoms with Crippen molar-refractivity contribution in [2.45, 2.75) is 11.8 Å². The van der Waals surface area contributed by atoms with E-state index in [1.807, 2.05) is 0 Å². The van der Waals surface area contributed by atoms with E-state index in [2.05, 4.69) is 20.8 Å². The molecule has 0 radical (unpaired) electrons. The summed E-state index contributed by atoms with van der Waals surface area (Å²) in [5.41, 5.74) is 0.964. The third-order valence-corrected chi connectivity index (χ3v) is 5.54. The highest BCUT2D eigenvalue weighted by molar-refractivity contribution is 7.91. The molecule has 0 aliphatic rings. The highest BCUT2D eigenvalue weighted by Gasteiger charge is 2.15. The number of aryl methyl sites for hydroxylation is 1. The summed E-state index contributed by atoms with van der Waals surface area (Å²) in [7, 11) is -3.62. The van der Waals surface area contributed by atoms with Gasteiger partial charge >= 0.3 is 0 Å². The molecule has 0 spiro atoms. The molecule has 0 aliphatic heterocycles. The minimum atomic E-state index is -3.62. The Labute approximate surface area is 154 Å². The molecule has 1 amide bonds. The number of sulfone groups is 1. The number of nitrogens with zero attached hydrogens (tertiary/aromatic N) is 4. The lowest BCUT2D eigenvalue weighted by molar-refractivity contribution is 0.0956. The summed E-state index contributed by atoms with van der Waals surface area (Å²) in [4.78, 5) is 12.3. The highest BCUT2D eigenvalue weighted by atomic mass is 32.2. The molecule has 0 aliphatic carbocycles. The Morgan fingerprint density at radius 2 is 1.93 bits per heavy atom. The van der Waals surface area contributed by atoms with E-state index in [0.717, 1.165) is 12.1 Å². The summed E-state index contributed by atoms with van der Waals surface area (Å²) >= 11 is 0. The zero-order chi connectivity index (χ0) is 19.4. The Balaban J connectivity index is 1.64. The fourth-order valence-electron chi connectivity index (χ4n) is 2.41. The van der Waals surface area contributed by atoms with Gasteiger partial charge in [-0.2, -0.15) is 4.68 Å². The Morgan fingerprint density at radius 3 is 2.59 bits per heavy atom. The number of benzene rings is 2. The van der Waals surface area contributed by atoms with Crippen LogP contribution in [0.1, 0.15) is 16.2 Å². The van der Waals surface area contributed by atoms with Crippen molar-refractivity contribution in [1.82, 2.24) is 25.5 Å². The predicted octanol–water partition coefficient (Wildman–Crippen LogP) is 1.31. The Hall–Kier alpha value is -3.14. The van der Waals surface area contributed by atoms with Gasteiger partial charge in [0.25, 0.3) is 5.91 Å². The lowest BCUT2D eigenvalue weighted by Crippen LogP contribution is -2.29. The number of carbonyl (C=O) groups excluding carboxylic acids is 1. The number of halogens is 1. The van der Waals surface area contributed by atoms with Gasteiger partial charge < -0.3 is 5.32 Å². The Morgan fingerprint density at radius 1 is 1.19 bits per heavy atom. The molecule has 1 aromatic heterocycles. The van der Waals surface area contributed by atoms with Crippen LogP contribution in [0.15, 0.2) is 53.4 Å². The van der Waals surface area contributed by atoms with E-state index in [1.54, 1.807) is 31.2 Å². The summed E-state index contributed by atoms with van der Waals surface area (Å²) in [6, 6.07) is 11.2. The van der Waals surface area contributed by atoms with Gasteiger partial charge in [-0.25, -0.2) is 12.8 Å². The summed E-state index contributed by atoms with van der Waals surface area (Å²) in [6.45, 7) is 1.65. The summed E-state index contributed by atoms with van der Waals surface area (Å²) in [6.07, 6.45) is 0. The van der Waals surface area contributed by atoms with E-state index in [-0.39, 0.29) is 17.2 Å². The van der Waals surface area contributed by atoms with Crippen molar-refractivity contribution < 1.29 is 17.6 Å². The fraction of sp³-hybridized carbons (Fsp3) is 0.176. The van der Waals surface area contributed by atoms with Crippen molar-refractivity contribution in [2.75, 3.05) is 12.3 Å². The number of nitrogens with one attached hydrogen (secondary N) is 1. The smallest absolute Gasteiger partial charge is 0.251 e. The molecular formula is C17H16FN5O3S. The molecular weight excluding hydrogens is 373 g/mol. The van der Waals surface area contributed by atoms with E-state index >= 15 is 0 Å². The molecule has 1 N–H and O–H groups in total. The largest absolute Gasteiger partial charge is 0.351 e. The molecule has 0 fully saturated rings. The molecule has 3 aromatic rings. The first kappa shape index (κ1) is 18.6. The van der Waals surface area contributed by atoms with Gasteiger partial charge in [-0.05, 0) is 59.8 Å². The minimum absolute atomic E-state index is 0.00861. The maximum absolute atomic E-state index is 12.9. The van der Waals surface area contributed by atoms with Crippen LogP contribution in [0.5, 0.6) is 0 Å². The lowest BCUT2D eigenvalue weighted by Gasteiger charge is -2.08. The minimum Gasteiger partial charge on any atom is -0.351 e. The van der Waals surface area contributed by atoms with Crippen molar-refractivity contribution >= 4 is 15.7 Å². The van der Waals surface area contributed by atoms with E-state index in [9.17, 15) is 17.6 Å². The van der Waals surface area contributed by atoms with Crippen LogP contribution in [0, 0.1) is 12.7 Å². The van der Waals surface area contributed by atoms with Gasteiger partial charge in [0.15, 0.2) is 15.7 Å². The van der Waals surface area contributed by atoms with Crippen LogP contribution in [0.3, 0.4) is 0 Å².